The Balaban J connectivity index is 2.73. The standard InChI is InChI=1S/C9H12INO/c1-7(11-12-2)8-4-3-5-9(10)6-8/h3-7,11H,1-2H3. The zero-order valence-corrected chi connectivity index (χ0v) is 9.33. The molecular formula is C9H12INO. The van der Waals surface area contributed by atoms with Crippen LogP contribution in [0.15, 0.2) is 24.3 Å². The van der Waals surface area contributed by atoms with Crippen molar-refractivity contribution < 1.29 is 4.84 Å². The average molecular weight is 277 g/mol. The second-order valence-electron chi connectivity index (χ2n) is 2.60. The molecule has 66 valence electrons. The van der Waals surface area contributed by atoms with Crippen molar-refractivity contribution in [3.63, 3.8) is 0 Å². The molecular weight excluding hydrogens is 265 g/mol. The lowest BCUT2D eigenvalue weighted by Gasteiger charge is -2.11. The molecule has 0 amide bonds. The van der Waals surface area contributed by atoms with Crippen molar-refractivity contribution in [1.82, 2.24) is 5.48 Å². The van der Waals surface area contributed by atoms with Gasteiger partial charge in [-0.2, -0.15) is 5.48 Å². The summed E-state index contributed by atoms with van der Waals surface area (Å²) in [6.45, 7) is 2.06. The van der Waals surface area contributed by atoms with E-state index in [4.69, 9.17) is 4.84 Å². The fraction of sp³-hybridized carbons (Fsp3) is 0.333. The maximum atomic E-state index is 4.85. The molecule has 0 aromatic heterocycles. The molecule has 0 fully saturated rings. The molecule has 0 saturated heterocycles. The molecule has 1 rings (SSSR count). The molecule has 0 radical (unpaired) electrons. The SMILES string of the molecule is CONC(C)c1cccc(I)c1. The fourth-order valence-electron chi connectivity index (χ4n) is 1.02. The molecule has 12 heavy (non-hydrogen) atoms. The van der Waals surface area contributed by atoms with Crippen molar-refractivity contribution in [2.45, 2.75) is 13.0 Å². The molecule has 0 spiro atoms. The highest BCUT2D eigenvalue weighted by Gasteiger charge is 2.03. The summed E-state index contributed by atoms with van der Waals surface area (Å²) in [5, 5.41) is 0. The monoisotopic (exact) mass is 277 g/mol. The Kier molecular flexibility index (Phi) is 3.97. The van der Waals surface area contributed by atoms with Crippen LogP contribution in [0.4, 0.5) is 0 Å². The van der Waals surface area contributed by atoms with Gasteiger partial charge in [-0.15, -0.1) is 0 Å². The lowest BCUT2D eigenvalue weighted by atomic mass is 10.1. The molecule has 1 N–H and O–H groups in total. The third-order valence-corrected chi connectivity index (χ3v) is 2.31. The van der Waals surface area contributed by atoms with Gasteiger partial charge in [0.2, 0.25) is 0 Å². The summed E-state index contributed by atoms with van der Waals surface area (Å²) < 4.78 is 1.25. The summed E-state index contributed by atoms with van der Waals surface area (Å²) >= 11 is 2.30. The van der Waals surface area contributed by atoms with Gasteiger partial charge in [0.25, 0.3) is 0 Å². The second-order valence-corrected chi connectivity index (χ2v) is 3.84. The van der Waals surface area contributed by atoms with Crippen LogP contribution < -0.4 is 5.48 Å². The van der Waals surface area contributed by atoms with Crippen LogP contribution >= 0.6 is 22.6 Å². The zero-order valence-electron chi connectivity index (χ0n) is 7.17. The number of rotatable bonds is 3. The Labute approximate surface area is 86.4 Å². The van der Waals surface area contributed by atoms with Gasteiger partial charge in [0, 0.05) is 3.57 Å². The average Bonchev–Trinajstić information content (AvgIpc) is 2.05. The molecule has 0 saturated carbocycles. The minimum Gasteiger partial charge on any atom is -0.305 e. The number of hydrogen-bond donors (Lipinski definition) is 1. The van der Waals surface area contributed by atoms with Gasteiger partial charge in [0.15, 0.2) is 0 Å². The Bertz CT molecular complexity index is 252. The van der Waals surface area contributed by atoms with Crippen LogP contribution in [-0.4, -0.2) is 7.11 Å². The summed E-state index contributed by atoms with van der Waals surface area (Å²) in [6, 6.07) is 8.58. The fourth-order valence-corrected chi connectivity index (χ4v) is 1.59. The summed E-state index contributed by atoms with van der Waals surface area (Å²) in [6.07, 6.45) is 0. The molecule has 1 atom stereocenters. The van der Waals surface area contributed by atoms with E-state index in [2.05, 4.69) is 53.2 Å². The van der Waals surface area contributed by atoms with Gasteiger partial charge in [-0.25, -0.2) is 0 Å². The highest BCUT2D eigenvalue weighted by Crippen LogP contribution is 2.14. The lowest BCUT2D eigenvalue weighted by molar-refractivity contribution is 0.0658. The number of halogens is 1. The maximum absolute atomic E-state index is 4.85. The lowest BCUT2D eigenvalue weighted by Crippen LogP contribution is -2.16. The van der Waals surface area contributed by atoms with Gasteiger partial charge in [0.05, 0.1) is 13.2 Å². The highest BCUT2D eigenvalue weighted by atomic mass is 127. The normalized spacial score (nSPS) is 12.9. The predicted octanol–water partition coefficient (Wildman–Crippen LogP) is 2.50. The first kappa shape index (κ1) is 9.95. The molecule has 0 heterocycles. The Morgan fingerprint density at radius 2 is 2.25 bits per heavy atom. The molecule has 0 aliphatic heterocycles. The van der Waals surface area contributed by atoms with Crippen LogP contribution in [-0.2, 0) is 4.84 Å². The van der Waals surface area contributed by atoms with E-state index in [9.17, 15) is 0 Å². The zero-order chi connectivity index (χ0) is 8.97. The minimum atomic E-state index is 0.240. The van der Waals surface area contributed by atoms with Crippen molar-refractivity contribution >= 4 is 22.6 Å². The summed E-state index contributed by atoms with van der Waals surface area (Å²) in [5.74, 6) is 0. The van der Waals surface area contributed by atoms with Crippen LogP contribution in [0.2, 0.25) is 0 Å². The van der Waals surface area contributed by atoms with E-state index in [0.717, 1.165) is 0 Å². The van der Waals surface area contributed by atoms with Gasteiger partial charge in [0.1, 0.15) is 0 Å². The Morgan fingerprint density at radius 1 is 1.50 bits per heavy atom. The molecule has 3 heteroatoms. The first-order valence-corrected chi connectivity index (χ1v) is 4.86. The molecule has 0 aliphatic carbocycles. The van der Waals surface area contributed by atoms with Gasteiger partial charge in [-0.05, 0) is 47.2 Å². The van der Waals surface area contributed by atoms with Crippen LogP contribution in [0.25, 0.3) is 0 Å². The molecule has 1 aromatic carbocycles. The van der Waals surface area contributed by atoms with Gasteiger partial charge >= 0.3 is 0 Å². The number of benzene rings is 1. The molecule has 2 nitrogen and oxygen atoms in total. The third kappa shape index (κ3) is 2.73. The quantitative estimate of drug-likeness (QED) is 0.677. The number of hydroxylamine groups is 1. The van der Waals surface area contributed by atoms with Crippen LogP contribution in [0, 0.1) is 3.57 Å². The largest absolute Gasteiger partial charge is 0.305 e. The predicted molar refractivity (Wildman–Crippen MR) is 57.7 cm³/mol. The van der Waals surface area contributed by atoms with E-state index in [1.807, 2.05) is 6.07 Å². The van der Waals surface area contributed by atoms with Crippen molar-refractivity contribution in [2.24, 2.45) is 0 Å². The maximum Gasteiger partial charge on any atom is 0.0572 e. The van der Waals surface area contributed by atoms with E-state index >= 15 is 0 Å². The van der Waals surface area contributed by atoms with Crippen LogP contribution in [0.5, 0.6) is 0 Å². The summed E-state index contributed by atoms with van der Waals surface area (Å²) in [5.41, 5.74) is 4.13. The molecule has 0 bridgehead atoms. The van der Waals surface area contributed by atoms with Gasteiger partial charge < -0.3 is 4.84 Å². The van der Waals surface area contributed by atoms with E-state index in [1.165, 1.54) is 9.13 Å². The molecule has 1 aromatic rings. The van der Waals surface area contributed by atoms with Crippen molar-refractivity contribution in [3.8, 4) is 0 Å². The van der Waals surface area contributed by atoms with Crippen molar-refractivity contribution in [1.29, 1.82) is 0 Å². The first-order valence-electron chi connectivity index (χ1n) is 3.78. The number of hydrogen-bond acceptors (Lipinski definition) is 2. The minimum absolute atomic E-state index is 0.240. The van der Waals surface area contributed by atoms with E-state index in [-0.39, 0.29) is 6.04 Å². The van der Waals surface area contributed by atoms with E-state index < -0.39 is 0 Å². The second kappa shape index (κ2) is 4.79. The van der Waals surface area contributed by atoms with Crippen LogP contribution in [0.1, 0.15) is 18.5 Å². The third-order valence-electron chi connectivity index (χ3n) is 1.64. The van der Waals surface area contributed by atoms with E-state index in [1.54, 1.807) is 7.11 Å². The smallest absolute Gasteiger partial charge is 0.0572 e. The highest BCUT2D eigenvalue weighted by molar-refractivity contribution is 14.1. The van der Waals surface area contributed by atoms with Crippen LogP contribution in [0.3, 0.4) is 0 Å². The van der Waals surface area contributed by atoms with Crippen molar-refractivity contribution in [2.75, 3.05) is 7.11 Å². The summed E-state index contributed by atoms with van der Waals surface area (Å²) in [4.78, 5) is 4.85. The Morgan fingerprint density at radius 3 is 2.83 bits per heavy atom. The Hall–Kier alpha value is -0.130. The van der Waals surface area contributed by atoms with Gasteiger partial charge in [-0.3, -0.25) is 0 Å². The first-order chi connectivity index (χ1) is 5.74. The summed E-state index contributed by atoms with van der Waals surface area (Å²) in [7, 11) is 1.63. The molecule has 1 unspecified atom stereocenters. The topological polar surface area (TPSA) is 21.3 Å². The van der Waals surface area contributed by atoms with Crippen molar-refractivity contribution in [3.05, 3.63) is 33.4 Å². The van der Waals surface area contributed by atoms with Gasteiger partial charge in [-0.1, -0.05) is 12.1 Å². The molecule has 0 aliphatic rings. The van der Waals surface area contributed by atoms with E-state index in [0.29, 0.717) is 0 Å². The number of nitrogens with one attached hydrogen (secondary N) is 1.